The van der Waals surface area contributed by atoms with Crippen molar-refractivity contribution in [3.63, 3.8) is 0 Å². The molecule has 0 heterocycles. The normalized spacial score (nSPS) is 15.3. The van der Waals surface area contributed by atoms with Crippen molar-refractivity contribution in [3.8, 4) is 0 Å². The Bertz CT molecular complexity index is 322. The van der Waals surface area contributed by atoms with Crippen LogP contribution in [0.4, 0.5) is 4.39 Å². The largest absolute Gasteiger partial charge is 0.327 e. The first-order valence-electron chi connectivity index (χ1n) is 5.53. The predicted molar refractivity (Wildman–Crippen MR) is 62.5 cm³/mol. The van der Waals surface area contributed by atoms with E-state index in [2.05, 4.69) is 6.92 Å². The Balaban J connectivity index is 3.12. The smallest absolute Gasteiger partial charge is 0.150 e. The molecule has 1 unspecified atom stereocenters. The minimum atomic E-state index is -1.40. The third kappa shape index (κ3) is 2.37. The second kappa shape index (κ2) is 4.75. The molecule has 1 nitrogen and oxygen atoms in total. The van der Waals surface area contributed by atoms with E-state index in [9.17, 15) is 4.39 Å². The highest BCUT2D eigenvalue weighted by Gasteiger charge is 2.34. The number of hydrogen-bond donors (Lipinski definition) is 1. The lowest BCUT2D eigenvalue weighted by atomic mass is 9.84. The standard InChI is InChI=1S/C13H20FN/c1-4-11-6-5-7-12(8-11)13(14,9-15)10(2)3/h5-8,10H,4,9,15H2,1-3H3. The molecule has 0 aliphatic rings. The van der Waals surface area contributed by atoms with E-state index in [0.29, 0.717) is 5.56 Å². The van der Waals surface area contributed by atoms with Gasteiger partial charge in [0.15, 0.2) is 0 Å². The van der Waals surface area contributed by atoms with Crippen molar-refractivity contribution in [2.45, 2.75) is 32.9 Å². The number of rotatable bonds is 4. The third-order valence-electron chi connectivity index (χ3n) is 3.03. The lowest BCUT2D eigenvalue weighted by Crippen LogP contribution is -2.35. The van der Waals surface area contributed by atoms with Crippen molar-refractivity contribution in [2.24, 2.45) is 11.7 Å². The van der Waals surface area contributed by atoms with E-state index >= 15 is 0 Å². The highest BCUT2D eigenvalue weighted by molar-refractivity contribution is 5.29. The number of halogens is 1. The van der Waals surface area contributed by atoms with Gasteiger partial charge in [0.05, 0.1) is 0 Å². The lowest BCUT2D eigenvalue weighted by molar-refractivity contribution is 0.109. The molecule has 1 aromatic carbocycles. The van der Waals surface area contributed by atoms with Crippen molar-refractivity contribution in [2.75, 3.05) is 6.54 Å². The predicted octanol–water partition coefficient (Wildman–Crippen LogP) is 3.03. The molecule has 0 aromatic heterocycles. The number of aryl methyl sites for hydroxylation is 1. The van der Waals surface area contributed by atoms with Crippen molar-refractivity contribution in [1.82, 2.24) is 0 Å². The fraction of sp³-hybridized carbons (Fsp3) is 0.538. The van der Waals surface area contributed by atoms with Crippen LogP contribution in [0.1, 0.15) is 31.9 Å². The summed E-state index contributed by atoms with van der Waals surface area (Å²) in [5, 5.41) is 0. The van der Waals surface area contributed by atoms with Crippen LogP contribution in [0.25, 0.3) is 0 Å². The lowest BCUT2D eigenvalue weighted by Gasteiger charge is -2.28. The van der Waals surface area contributed by atoms with Crippen LogP contribution in [-0.4, -0.2) is 6.54 Å². The molecule has 15 heavy (non-hydrogen) atoms. The van der Waals surface area contributed by atoms with Crippen LogP contribution in [0, 0.1) is 5.92 Å². The van der Waals surface area contributed by atoms with Gasteiger partial charge in [0.25, 0.3) is 0 Å². The highest BCUT2D eigenvalue weighted by atomic mass is 19.1. The van der Waals surface area contributed by atoms with Crippen LogP contribution < -0.4 is 5.73 Å². The van der Waals surface area contributed by atoms with E-state index in [1.54, 1.807) is 0 Å². The van der Waals surface area contributed by atoms with Gasteiger partial charge in [-0.2, -0.15) is 0 Å². The zero-order valence-corrected chi connectivity index (χ0v) is 9.76. The molecule has 0 saturated heterocycles. The molecule has 1 rings (SSSR count). The zero-order chi connectivity index (χ0) is 11.5. The summed E-state index contributed by atoms with van der Waals surface area (Å²) in [7, 11) is 0. The number of nitrogens with two attached hydrogens (primary N) is 1. The molecular formula is C13H20FN. The summed E-state index contributed by atoms with van der Waals surface area (Å²) in [5.74, 6) is -0.102. The van der Waals surface area contributed by atoms with E-state index in [1.165, 1.54) is 0 Å². The summed E-state index contributed by atoms with van der Waals surface area (Å²) in [6, 6.07) is 7.67. The number of alkyl halides is 1. The van der Waals surface area contributed by atoms with Gasteiger partial charge < -0.3 is 5.73 Å². The van der Waals surface area contributed by atoms with E-state index in [4.69, 9.17) is 5.73 Å². The molecule has 0 fully saturated rings. The Morgan fingerprint density at radius 1 is 1.40 bits per heavy atom. The van der Waals surface area contributed by atoms with E-state index in [-0.39, 0.29) is 12.5 Å². The van der Waals surface area contributed by atoms with E-state index in [0.717, 1.165) is 12.0 Å². The first kappa shape index (κ1) is 12.2. The SMILES string of the molecule is CCc1cccc(C(F)(CN)C(C)C)c1. The van der Waals surface area contributed by atoms with Crippen LogP contribution in [0.5, 0.6) is 0 Å². The molecule has 84 valence electrons. The van der Waals surface area contributed by atoms with E-state index < -0.39 is 5.67 Å². The van der Waals surface area contributed by atoms with E-state index in [1.807, 2.05) is 38.1 Å². The minimum Gasteiger partial charge on any atom is -0.327 e. The Kier molecular flexibility index (Phi) is 3.86. The highest BCUT2D eigenvalue weighted by Crippen LogP contribution is 2.33. The fourth-order valence-electron chi connectivity index (χ4n) is 1.74. The van der Waals surface area contributed by atoms with Crippen LogP contribution >= 0.6 is 0 Å². The van der Waals surface area contributed by atoms with Gasteiger partial charge >= 0.3 is 0 Å². The molecule has 2 N–H and O–H groups in total. The molecule has 0 aliphatic carbocycles. The van der Waals surface area contributed by atoms with Gasteiger partial charge in [-0.1, -0.05) is 45.0 Å². The Morgan fingerprint density at radius 2 is 2.07 bits per heavy atom. The van der Waals surface area contributed by atoms with Gasteiger partial charge in [-0.05, 0) is 23.5 Å². The van der Waals surface area contributed by atoms with Crippen molar-refractivity contribution >= 4 is 0 Å². The van der Waals surface area contributed by atoms with Gasteiger partial charge in [-0.3, -0.25) is 0 Å². The third-order valence-corrected chi connectivity index (χ3v) is 3.03. The summed E-state index contributed by atoms with van der Waals surface area (Å²) in [6.45, 7) is 5.84. The van der Waals surface area contributed by atoms with Gasteiger partial charge in [0, 0.05) is 6.54 Å². The summed E-state index contributed by atoms with van der Waals surface area (Å²) >= 11 is 0. The van der Waals surface area contributed by atoms with Crippen molar-refractivity contribution in [3.05, 3.63) is 35.4 Å². The van der Waals surface area contributed by atoms with Crippen molar-refractivity contribution < 1.29 is 4.39 Å². The van der Waals surface area contributed by atoms with Crippen LogP contribution in [0.3, 0.4) is 0 Å². The first-order chi connectivity index (χ1) is 7.04. The molecule has 1 aromatic rings. The Labute approximate surface area is 91.5 Å². The molecule has 2 heteroatoms. The summed E-state index contributed by atoms with van der Waals surface area (Å²) in [6.07, 6.45) is 0.923. The number of hydrogen-bond acceptors (Lipinski definition) is 1. The second-order valence-corrected chi connectivity index (χ2v) is 4.28. The van der Waals surface area contributed by atoms with Gasteiger partial charge in [-0.15, -0.1) is 0 Å². The maximum Gasteiger partial charge on any atom is 0.150 e. The monoisotopic (exact) mass is 209 g/mol. The molecule has 0 spiro atoms. The molecule has 0 amide bonds. The molecular weight excluding hydrogens is 189 g/mol. The van der Waals surface area contributed by atoms with Gasteiger partial charge in [-0.25, -0.2) is 4.39 Å². The summed E-state index contributed by atoms with van der Waals surface area (Å²) < 4.78 is 14.6. The van der Waals surface area contributed by atoms with Gasteiger partial charge in [0.2, 0.25) is 0 Å². The zero-order valence-electron chi connectivity index (χ0n) is 9.76. The van der Waals surface area contributed by atoms with Gasteiger partial charge in [0.1, 0.15) is 5.67 Å². The first-order valence-corrected chi connectivity index (χ1v) is 5.53. The minimum absolute atomic E-state index is 0.0395. The maximum atomic E-state index is 14.6. The quantitative estimate of drug-likeness (QED) is 0.810. The maximum absolute atomic E-state index is 14.6. The summed E-state index contributed by atoms with van der Waals surface area (Å²) in [4.78, 5) is 0. The molecule has 0 aliphatic heterocycles. The Hall–Kier alpha value is -0.890. The molecule has 0 saturated carbocycles. The molecule has 0 radical (unpaired) electrons. The van der Waals surface area contributed by atoms with Crippen LogP contribution in [-0.2, 0) is 12.1 Å². The molecule has 0 bridgehead atoms. The van der Waals surface area contributed by atoms with Crippen LogP contribution in [0.2, 0.25) is 0 Å². The van der Waals surface area contributed by atoms with Crippen molar-refractivity contribution in [1.29, 1.82) is 0 Å². The average molecular weight is 209 g/mol. The second-order valence-electron chi connectivity index (χ2n) is 4.28. The topological polar surface area (TPSA) is 26.0 Å². The van der Waals surface area contributed by atoms with Crippen LogP contribution in [0.15, 0.2) is 24.3 Å². The average Bonchev–Trinajstić information content (AvgIpc) is 2.27. The summed E-state index contributed by atoms with van der Waals surface area (Å²) in [5.41, 5.74) is 6.02. The fourth-order valence-corrected chi connectivity index (χ4v) is 1.74. The molecule has 1 atom stereocenters. The number of benzene rings is 1. The Morgan fingerprint density at radius 3 is 2.53 bits per heavy atom.